The second-order valence-electron chi connectivity index (χ2n) is 9.03. The summed E-state index contributed by atoms with van der Waals surface area (Å²) < 4.78 is 0. The van der Waals surface area contributed by atoms with Crippen LogP contribution in [0.1, 0.15) is 50.2 Å². The zero-order chi connectivity index (χ0) is 17.7. The first-order valence-corrected chi connectivity index (χ1v) is 10.1. The van der Waals surface area contributed by atoms with Gasteiger partial charge < -0.3 is 10.4 Å². The van der Waals surface area contributed by atoms with E-state index in [2.05, 4.69) is 17.4 Å². The molecule has 3 nitrogen and oxygen atoms in total. The molecule has 0 spiro atoms. The summed E-state index contributed by atoms with van der Waals surface area (Å²) >= 11 is 0. The lowest BCUT2D eigenvalue weighted by Gasteiger charge is -2.55. The van der Waals surface area contributed by atoms with Gasteiger partial charge >= 0.3 is 0 Å². The molecule has 1 atom stereocenters. The maximum Gasteiger partial charge on any atom is 0.226 e. The van der Waals surface area contributed by atoms with Gasteiger partial charge in [-0.05, 0) is 78.7 Å². The van der Waals surface area contributed by atoms with Gasteiger partial charge in [-0.15, -0.1) is 0 Å². The third kappa shape index (κ3) is 2.73. The van der Waals surface area contributed by atoms with Crippen LogP contribution in [-0.4, -0.2) is 17.6 Å². The van der Waals surface area contributed by atoms with Crippen molar-refractivity contribution < 1.29 is 9.90 Å². The van der Waals surface area contributed by atoms with Gasteiger partial charge in [-0.1, -0.05) is 36.4 Å². The highest BCUT2D eigenvalue weighted by molar-refractivity contribution is 5.84. The van der Waals surface area contributed by atoms with Gasteiger partial charge in [0, 0.05) is 12.0 Å². The minimum atomic E-state index is -0.655. The Morgan fingerprint density at radius 1 is 1.00 bits per heavy atom. The number of rotatable bonds is 4. The van der Waals surface area contributed by atoms with Gasteiger partial charge in [0.25, 0.3) is 0 Å². The Kier molecular flexibility index (Phi) is 3.82. The molecule has 0 saturated heterocycles. The van der Waals surface area contributed by atoms with Crippen molar-refractivity contribution in [3.05, 3.63) is 48.0 Å². The van der Waals surface area contributed by atoms with E-state index in [4.69, 9.17) is 0 Å². The lowest BCUT2D eigenvalue weighted by Crippen LogP contribution is -2.54. The normalized spacial score (nSPS) is 33.3. The fraction of sp³-hybridized carbons (Fsp3) is 0.522. The summed E-state index contributed by atoms with van der Waals surface area (Å²) in [5, 5.41) is 16.0. The zero-order valence-electron chi connectivity index (χ0n) is 15.2. The van der Waals surface area contributed by atoms with E-state index in [1.165, 1.54) is 24.6 Å². The van der Waals surface area contributed by atoms with Crippen molar-refractivity contribution in [2.45, 2.75) is 44.6 Å². The number of hydrogen-bond donors (Lipinski definition) is 2. The number of aliphatic hydroxyl groups excluding tert-OH is 1. The van der Waals surface area contributed by atoms with Crippen LogP contribution in [0.3, 0.4) is 0 Å². The Bertz CT molecular complexity index is 808. The van der Waals surface area contributed by atoms with Crippen LogP contribution in [-0.2, 0) is 4.79 Å². The molecule has 4 bridgehead atoms. The second-order valence-corrected chi connectivity index (χ2v) is 9.03. The molecule has 2 aromatic carbocycles. The number of fused-ring (bicyclic) bond motifs is 1. The van der Waals surface area contributed by atoms with Crippen LogP contribution in [0.25, 0.3) is 10.8 Å². The average Bonchev–Trinajstić information content (AvgIpc) is 2.64. The summed E-state index contributed by atoms with van der Waals surface area (Å²) in [7, 11) is 0. The highest BCUT2D eigenvalue weighted by Gasteiger charge is 2.54. The molecule has 0 aromatic heterocycles. The maximum absolute atomic E-state index is 13.0. The molecular weight excluding hydrogens is 322 g/mol. The molecule has 6 rings (SSSR count). The summed E-state index contributed by atoms with van der Waals surface area (Å²) in [5.74, 6) is 2.48. The predicted octanol–water partition coefficient (Wildman–Crippen LogP) is 4.21. The second kappa shape index (κ2) is 6.09. The summed E-state index contributed by atoms with van der Waals surface area (Å²) in [6, 6.07) is 14.2. The van der Waals surface area contributed by atoms with E-state index in [1.54, 1.807) is 0 Å². The van der Waals surface area contributed by atoms with E-state index in [1.807, 2.05) is 30.3 Å². The Balaban J connectivity index is 1.27. The monoisotopic (exact) mass is 349 g/mol. The highest BCUT2D eigenvalue weighted by Crippen LogP contribution is 2.60. The van der Waals surface area contributed by atoms with Crippen molar-refractivity contribution in [3.8, 4) is 0 Å². The van der Waals surface area contributed by atoms with Gasteiger partial charge in [0.05, 0.1) is 6.10 Å². The molecule has 3 heteroatoms. The third-order valence-corrected chi connectivity index (χ3v) is 7.13. The molecule has 0 heterocycles. The van der Waals surface area contributed by atoms with Crippen LogP contribution in [0.2, 0.25) is 0 Å². The Morgan fingerprint density at radius 3 is 2.27 bits per heavy atom. The van der Waals surface area contributed by atoms with Gasteiger partial charge in [0.15, 0.2) is 0 Å². The van der Waals surface area contributed by atoms with Crippen molar-refractivity contribution in [3.63, 3.8) is 0 Å². The van der Waals surface area contributed by atoms with Gasteiger partial charge in [0.2, 0.25) is 5.91 Å². The van der Waals surface area contributed by atoms with Crippen molar-refractivity contribution in [1.29, 1.82) is 0 Å². The lowest BCUT2D eigenvalue weighted by atomic mass is 9.49. The molecule has 4 saturated carbocycles. The molecule has 2 N–H and O–H groups in total. The van der Waals surface area contributed by atoms with Crippen LogP contribution < -0.4 is 5.32 Å². The van der Waals surface area contributed by atoms with Crippen LogP contribution in [0.4, 0.5) is 0 Å². The summed E-state index contributed by atoms with van der Waals surface area (Å²) in [6.07, 6.45) is 6.56. The first-order chi connectivity index (χ1) is 12.6. The van der Waals surface area contributed by atoms with E-state index in [9.17, 15) is 9.90 Å². The molecule has 4 fully saturated rings. The van der Waals surface area contributed by atoms with Crippen LogP contribution in [0.15, 0.2) is 42.5 Å². The number of nitrogens with one attached hydrogen (secondary N) is 1. The maximum atomic E-state index is 13.0. The molecule has 1 amide bonds. The lowest BCUT2D eigenvalue weighted by molar-refractivity contribution is -0.146. The van der Waals surface area contributed by atoms with E-state index in [0.717, 1.165) is 48.0 Å². The quantitative estimate of drug-likeness (QED) is 0.869. The van der Waals surface area contributed by atoms with E-state index >= 15 is 0 Å². The topological polar surface area (TPSA) is 49.3 Å². The zero-order valence-corrected chi connectivity index (χ0v) is 15.2. The number of hydrogen-bond acceptors (Lipinski definition) is 2. The van der Waals surface area contributed by atoms with Gasteiger partial charge in [-0.25, -0.2) is 0 Å². The molecule has 4 aliphatic carbocycles. The van der Waals surface area contributed by atoms with Crippen molar-refractivity contribution in [2.75, 3.05) is 6.54 Å². The van der Waals surface area contributed by atoms with Crippen LogP contribution in [0.5, 0.6) is 0 Å². The molecule has 26 heavy (non-hydrogen) atoms. The smallest absolute Gasteiger partial charge is 0.226 e. The van der Waals surface area contributed by atoms with E-state index in [-0.39, 0.29) is 11.3 Å². The number of aliphatic hydroxyl groups is 1. The first-order valence-electron chi connectivity index (χ1n) is 10.1. The Morgan fingerprint density at radius 2 is 1.62 bits per heavy atom. The summed E-state index contributed by atoms with van der Waals surface area (Å²) in [5.41, 5.74) is 0.729. The first kappa shape index (κ1) is 16.3. The van der Waals surface area contributed by atoms with Crippen molar-refractivity contribution >= 4 is 16.7 Å². The molecule has 0 radical (unpaired) electrons. The number of carbonyl (C=O) groups is 1. The minimum Gasteiger partial charge on any atom is -0.387 e. The minimum absolute atomic E-state index is 0.141. The van der Waals surface area contributed by atoms with Crippen molar-refractivity contribution in [2.24, 2.45) is 23.2 Å². The number of amides is 1. The molecular formula is C23H27NO2. The average molecular weight is 349 g/mol. The van der Waals surface area contributed by atoms with Crippen LogP contribution >= 0.6 is 0 Å². The fourth-order valence-electron chi connectivity index (χ4n) is 6.30. The standard InChI is InChI=1S/C23H27NO2/c25-21(20-6-5-18-3-1-2-4-19(18)10-20)14-24-22(26)23-11-15-7-16(12-23)9-17(8-15)13-23/h1-6,10,15-17,21,25H,7-9,11-14H2,(H,24,26)/t15?,16?,17?,21-,23?/m1/s1. The summed E-state index contributed by atoms with van der Waals surface area (Å²) in [6.45, 7) is 0.304. The number of benzene rings is 2. The molecule has 0 aliphatic heterocycles. The Hall–Kier alpha value is -1.87. The van der Waals surface area contributed by atoms with E-state index < -0.39 is 6.10 Å². The Labute approximate surface area is 154 Å². The summed E-state index contributed by atoms with van der Waals surface area (Å²) in [4.78, 5) is 13.0. The molecule has 0 unspecified atom stereocenters. The molecule has 136 valence electrons. The van der Waals surface area contributed by atoms with Crippen molar-refractivity contribution in [1.82, 2.24) is 5.32 Å². The van der Waals surface area contributed by atoms with Gasteiger partial charge in [-0.2, -0.15) is 0 Å². The molecule has 4 aliphatic rings. The number of carbonyl (C=O) groups excluding carboxylic acids is 1. The molecule has 2 aromatic rings. The van der Waals surface area contributed by atoms with Crippen LogP contribution in [0, 0.1) is 23.2 Å². The van der Waals surface area contributed by atoms with Gasteiger partial charge in [0.1, 0.15) is 0 Å². The largest absolute Gasteiger partial charge is 0.387 e. The van der Waals surface area contributed by atoms with Gasteiger partial charge in [-0.3, -0.25) is 4.79 Å². The third-order valence-electron chi connectivity index (χ3n) is 7.13. The highest BCUT2D eigenvalue weighted by atomic mass is 16.3. The van der Waals surface area contributed by atoms with E-state index in [0.29, 0.717) is 6.54 Å². The predicted molar refractivity (Wildman–Crippen MR) is 103 cm³/mol. The fourth-order valence-corrected chi connectivity index (χ4v) is 6.30. The SMILES string of the molecule is O=C(NC[C@@H](O)c1ccc2ccccc2c1)C12CC3CC(CC(C3)C1)C2.